The van der Waals surface area contributed by atoms with Gasteiger partial charge >= 0.3 is 0 Å². The van der Waals surface area contributed by atoms with Gasteiger partial charge in [0, 0.05) is 29.2 Å². The van der Waals surface area contributed by atoms with Crippen molar-refractivity contribution >= 4 is 17.5 Å². The fourth-order valence-corrected chi connectivity index (χ4v) is 4.51. The summed E-state index contributed by atoms with van der Waals surface area (Å²) in [6.45, 7) is 6.03. The Morgan fingerprint density at radius 2 is 1.60 bits per heavy atom. The second-order valence-corrected chi connectivity index (χ2v) is 8.14. The number of hydrogen-bond acceptors (Lipinski definition) is 5. The van der Waals surface area contributed by atoms with Gasteiger partial charge in [-0.15, -0.1) is 10.2 Å². The predicted molar refractivity (Wildman–Crippen MR) is 120 cm³/mol. The van der Waals surface area contributed by atoms with Crippen LogP contribution >= 0.6 is 11.8 Å². The SMILES string of the molecule is Cc1cc(C)c(C(=O)CSc2nnc(-c3ccncc3)n2-c2ccccc2)c(C)c1. The molecule has 0 N–H and O–H groups in total. The lowest BCUT2D eigenvalue weighted by Gasteiger charge is -2.12. The van der Waals surface area contributed by atoms with Crippen molar-refractivity contribution in [2.24, 2.45) is 0 Å². The Hall–Kier alpha value is -3.25. The number of Topliss-reactive ketones (excluding diaryl/α,β-unsaturated/α-hetero) is 1. The third kappa shape index (κ3) is 4.04. The summed E-state index contributed by atoms with van der Waals surface area (Å²) in [7, 11) is 0. The predicted octanol–water partition coefficient (Wildman–Crippen LogP) is 5.23. The van der Waals surface area contributed by atoms with Gasteiger partial charge in [-0.2, -0.15) is 0 Å². The van der Waals surface area contributed by atoms with E-state index >= 15 is 0 Å². The molecule has 0 spiro atoms. The van der Waals surface area contributed by atoms with E-state index in [0.717, 1.165) is 33.8 Å². The van der Waals surface area contributed by atoms with Crippen LogP contribution in [0.2, 0.25) is 0 Å². The average molecular weight is 415 g/mol. The smallest absolute Gasteiger partial charge is 0.196 e. The minimum atomic E-state index is 0.100. The van der Waals surface area contributed by atoms with Crippen LogP contribution in [0.3, 0.4) is 0 Å². The Bertz CT molecular complexity index is 1160. The van der Waals surface area contributed by atoms with E-state index in [2.05, 4.69) is 27.3 Å². The molecule has 2 heterocycles. The minimum Gasteiger partial charge on any atom is -0.293 e. The molecule has 0 saturated heterocycles. The molecule has 2 aromatic carbocycles. The van der Waals surface area contributed by atoms with Gasteiger partial charge < -0.3 is 0 Å². The lowest BCUT2D eigenvalue weighted by Crippen LogP contribution is -2.09. The molecule has 0 aliphatic rings. The average Bonchev–Trinajstić information content (AvgIpc) is 3.17. The number of pyridine rings is 1. The summed E-state index contributed by atoms with van der Waals surface area (Å²) in [5.41, 5.74) is 5.87. The maximum Gasteiger partial charge on any atom is 0.196 e. The van der Waals surface area contributed by atoms with Crippen molar-refractivity contribution < 1.29 is 4.79 Å². The first-order valence-electron chi connectivity index (χ1n) is 9.69. The van der Waals surface area contributed by atoms with Crippen LogP contribution in [0.4, 0.5) is 0 Å². The van der Waals surface area contributed by atoms with Gasteiger partial charge in [-0.1, -0.05) is 47.7 Å². The first kappa shape index (κ1) is 20.0. The standard InChI is InChI=1S/C24H22N4OS/c1-16-13-17(2)22(18(3)14-16)21(29)15-30-24-27-26-23(19-9-11-25-12-10-19)28(24)20-7-5-4-6-8-20/h4-14H,15H2,1-3H3. The van der Waals surface area contributed by atoms with Gasteiger partial charge in [0.2, 0.25) is 0 Å². The first-order valence-corrected chi connectivity index (χ1v) is 10.7. The number of ketones is 1. The highest BCUT2D eigenvalue weighted by Crippen LogP contribution is 2.28. The van der Waals surface area contributed by atoms with E-state index in [4.69, 9.17) is 0 Å². The number of carbonyl (C=O) groups is 1. The number of benzene rings is 2. The van der Waals surface area contributed by atoms with Crippen LogP contribution in [0.1, 0.15) is 27.0 Å². The Labute approximate surface area is 180 Å². The molecule has 0 atom stereocenters. The Morgan fingerprint density at radius 1 is 0.933 bits per heavy atom. The van der Waals surface area contributed by atoms with Gasteiger partial charge in [0.25, 0.3) is 0 Å². The summed E-state index contributed by atoms with van der Waals surface area (Å²) in [4.78, 5) is 17.1. The summed E-state index contributed by atoms with van der Waals surface area (Å²) in [6, 6.07) is 17.9. The number of aryl methyl sites for hydroxylation is 3. The number of rotatable bonds is 6. The monoisotopic (exact) mass is 414 g/mol. The van der Waals surface area contributed by atoms with Crippen molar-refractivity contribution in [1.29, 1.82) is 0 Å². The van der Waals surface area contributed by atoms with Gasteiger partial charge in [-0.05, 0) is 56.2 Å². The van der Waals surface area contributed by atoms with E-state index in [9.17, 15) is 4.79 Å². The number of hydrogen-bond donors (Lipinski definition) is 0. The molecular formula is C24H22N4OS. The molecule has 0 aliphatic carbocycles. The van der Waals surface area contributed by atoms with Gasteiger partial charge in [0.1, 0.15) is 0 Å². The second-order valence-electron chi connectivity index (χ2n) is 7.20. The number of aromatic nitrogens is 4. The Kier molecular flexibility index (Phi) is 5.77. The topological polar surface area (TPSA) is 60.7 Å². The summed E-state index contributed by atoms with van der Waals surface area (Å²) >= 11 is 1.41. The third-order valence-corrected chi connectivity index (χ3v) is 5.80. The van der Waals surface area contributed by atoms with E-state index in [-0.39, 0.29) is 5.78 Å². The highest BCUT2D eigenvalue weighted by Gasteiger charge is 2.19. The van der Waals surface area contributed by atoms with Crippen molar-refractivity contribution in [2.75, 3.05) is 5.75 Å². The lowest BCUT2D eigenvalue weighted by atomic mass is 9.97. The molecule has 0 unspecified atom stereocenters. The van der Waals surface area contributed by atoms with Crippen molar-refractivity contribution in [3.05, 3.63) is 89.2 Å². The quantitative estimate of drug-likeness (QED) is 0.319. The highest BCUT2D eigenvalue weighted by atomic mass is 32.2. The molecule has 150 valence electrons. The lowest BCUT2D eigenvalue weighted by molar-refractivity contribution is 0.102. The van der Waals surface area contributed by atoms with E-state index in [0.29, 0.717) is 10.9 Å². The maximum atomic E-state index is 13.0. The van der Waals surface area contributed by atoms with Gasteiger partial charge in [0.05, 0.1) is 5.75 Å². The molecule has 30 heavy (non-hydrogen) atoms. The normalized spacial score (nSPS) is 10.9. The summed E-state index contributed by atoms with van der Waals surface area (Å²) in [5, 5.41) is 9.49. The van der Waals surface area contributed by atoms with E-state index in [1.165, 1.54) is 17.3 Å². The van der Waals surface area contributed by atoms with Crippen molar-refractivity contribution in [3.63, 3.8) is 0 Å². The fraction of sp³-hybridized carbons (Fsp3) is 0.167. The van der Waals surface area contributed by atoms with Crippen LogP contribution in [0.5, 0.6) is 0 Å². The van der Waals surface area contributed by atoms with E-state index in [1.807, 2.05) is 67.8 Å². The molecule has 5 nitrogen and oxygen atoms in total. The molecule has 4 aromatic rings. The maximum absolute atomic E-state index is 13.0. The van der Waals surface area contributed by atoms with Crippen molar-refractivity contribution in [2.45, 2.75) is 25.9 Å². The molecule has 0 bridgehead atoms. The summed E-state index contributed by atoms with van der Waals surface area (Å²) < 4.78 is 1.99. The molecule has 2 aromatic heterocycles. The number of para-hydroxylation sites is 1. The molecule has 0 saturated carbocycles. The van der Waals surface area contributed by atoms with E-state index < -0.39 is 0 Å². The molecule has 0 radical (unpaired) electrons. The zero-order valence-electron chi connectivity index (χ0n) is 17.2. The minimum absolute atomic E-state index is 0.100. The van der Waals surface area contributed by atoms with Crippen molar-refractivity contribution in [1.82, 2.24) is 19.7 Å². The van der Waals surface area contributed by atoms with Gasteiger partial charge in [-0.25, -0.2) is 0 Å². The zero-order chi connectivity index (χ0) is 21.1. The third-order valence-electron chi connectivity index (χ3n) is 4.87. The molecule has 0 aliphatic heterocycles. The highest BCUT2D eigenvalue weighted by molar-refractivity contribution is 7.99. The van der Waals surface area contributed by atoms with Gasteiger partial charge in [0.15, 0.2) is 16.8 Å². The first-order chi connectivity index (χ1) is 14.5. The number of carbonyl (C=O) groups excluding carboxylic acids is 1. The van der Waals surface area contributed by atoms with Crippen LogP contribution in [-0.4, -0.2) is 31.3 Å². The van der Waals surface area contributed by atoms with Crippen LogP contribution in [0, 0.1) is 20.8 Å². The molecule has 4 rings (SSSR count). The largest absolute Gasteiger partial charge is 0.293 e. The molecule has 0 fully saturated rings. The van der Waals surface area contributed by atoms with Gasteiger partial charge in [-0.3, -0.25) is 14.3 Å². The Morgan fingerprint density at radius 3 is 2.27 bits per heavy atom. The van der Waals surface area contributed by atoms with Crippen molar-refractivity contribution in [3.8, 4) is 17.1 Å². The van der Waals surface area contributed by atoms with Crippen LogP contribution in [0.15, 0.2) is 72.1 Å². The second kappa shape index (κ2) is 8.63. The number of thioether (sulfide) groups is 1. The van der Waals surface area contributed by atoms with Crippen LogP contribution in [0.25, 0.3) is 17.1 Å². The zero-order valence-corrected chi connectivity index (χ0v) is 18.0. The number of nitrogens with zero attached hydrogens (tertiary/aromatic N) is 4. The summed E-state index contributed by atoms with van der Waals surface area (Å²) in [5.74, 6) is 1.12. The molecule has 0 amide bonds. The fourth-order valence-electron chi connectivity index (χ4n) is 3.68. The van der Waals surface area contributed by atoms with E-state index in [1.54, 1.807) is 12.4 Å². The molecule has 6 heteroatoms. The van der Waals surface area contributed by atoms with Crippen LogP contribution < -0.4 is 0 Å². The summed E-state index contributed by atoms with van der Waals surface area (Å²) in [6.07, 6.45) is 3.47. The molecular weight excluding hydrogens is 392 g/mol. The Balaban J connectivity index is 1.67. The van der Waals surface area contributed by atoms with Crippen LogP contribution in [-0.2, 0) is 0 Å².